The number of aryl methyl sites for hydroxylation is 4. The zero-order valence-corrected chi connectivity index (χ0v) is 51.7. The number of aliphatic hydroxyl groups is 4. The molecule has 0 heterocycles. The van der Waals surface area contributed by atoms with Crippen LogP contribution < -0.4 is 18.9 Å². The van der Waals surface area contributed by atoms with Gasteiger partial charge in [-0.3, -0.25) is 36.5 Å². The van der Waals surface area contributed by atoms with Crippen LogP contribution in [-0.4, -0.2) is 147 Å². The summed E-state index contributed by atoms with van der Waals surface area (Å²) >= 11 is 0. The third kappa shape index (κ3) is 14.7. The summed E-state index contributed by atoms with van der Waals surface area (Å²) in [5.74, 6) is -0.145. The van der Waals surface area contributed by atoms with Crippen LogP contribution in [0.2, 0.25) is 0 Å². The Kier molecular flexibility index (Phi) is 21.5. The maximum Gasteiger partial charge on any atom is 0.369 e. The molecule has 1 aliphatic rings. The molecule has 0 radical (unpaired) electrons. The van der Waals surface area contributed by atoms with Gasteiger partial charge in [-0.2, -0.15) is 0 Å². The Morgan fingerprint density at radius 3 is 0.500 bits per heavy atom. The maximum absolute atomic E-state index is 12.5. The minimum absolute atomic E-state index is 0.0220. The van der Waals surface area contributed by atoms with Gasteiger partial charge in [0.2, 0.25) is 0 Å². The first kappa shape index (κ1) is 71.9. The summed E-state index contributed by atoms with van der Waals surface area (Å²) in [7, 11) is -43.7. The Labute approximate surface area is 477 Å². The van der Waals surface area contributed by atoms with Crippen molar-refractivity contribution in [3.05, 3.63) is 115 Å². The van der Waals surface area contributed by atoms with Crippen LogP contribution in [0, 0.1) is 0 Å². The SMILES string of the molecule is COc1c2cc(CCC(O)(P(=O)(O)O)P(=O)(O)O)cc1Cc1cc(CCC(O)(P(=O)(O)O)P(=O)(O)O)cc(c1OC)Cc1cc(CCC(O)(P(=O)(O)O)P(=O)(O)O)cc(c1OC)Cc1cc(CCC(O)(P(=O)(O)O)P(=O)(O)O)cc(c1OC)C2. The Morgan fingerprint density at radius 1 is 0.286 bits per heavy atom. The highest BCUT2D eigenvalue weighted by Gasteiger charge is 2.61. The average Bonchev–Trinajstić information content (AvgIpc) is 3.28. The van der Waals surface area contributed by atoms with E-state index < -0.39 is 158 Å². The number of methoxy groups -OCH3 is 4. The minimum atomic E-state index is -6.06. The van der Waals surface area contributed by atoms with Crippen molar-refractivity contribution in [1.82, 2.24) is 0 Å². The molecule has 4 aromatic carbocycles. The van der Waals surface area contributed by atoms with Crippen LogP contribution in [0.25, 0.3) is 0 Å². The van der Waals surface area contributed by atoms with Gasteiger partial charge in [-0.1, -0.05) is 48.5 Å². The Morgan fingerprint density at radius 2 is 0.405 bits per heavy atom. The van der Waals surface area contributed by atoms with Gasteiger partial charge < -0.3 is 118 Å². The van der Waals surface area contributed by atoms with Crippen molar-refractivity contribution in [1.29, 1.82) is 0 Å². The standard InChI is InChI=1S/C44H64O32P8/c1-73-37-29-13-25(5-9-41(45,77(49,50)51)78(52,53)54)14-30(37)22-32-16-27(7-11-43(47,81(61,62)63)82(64,65)66)18-34(39(32)75-3)24-36-20-28(8-12-44(48,83(67,68)69)84(70,71)72)19-35(40(36)76-4)23-33-17-26(15-31(21-29)38(33)74-2)6-10-42(46,79(55,56)57)80(58,59)60/h13-20,45-48H,5-12,21-24H2,1-4H3,(H2,49,50,51)(H2,52,53,54)(H2,55,56,57)(H2,58,59,60)(H2,61,62,63)(H2,64,65,66)(H2,67,68,69)(H2,70,71,72). The molecule has 32 nitrogen and oxygen atoms in total. The van der Waals surface area contributed by atoms with Crippen LogP contribution in [0.4, 0.5) is 0 Å². The first-order valence-corrected chi connectivity index (χ1v) is 37.0. The van der Waals surface area contributed by atoms with Gasteiger partial charge in [-0.05, 0) is 92.4 Å². The van der Waals surface area contributed by atoms with Crippen LogP contribution in [-0.2, 0) is 87.9 Å². The van der Waals surface area contributed by atoms with Crippen LogP contribution in [0.3, 0.4) is 0 Å². The molecule has 472 valence electrons. The minimum Gasteiger partial charge on any atom is -0.496 e. The summed E-state index contributed by atoms with van der Waals surface area (Å²) in [6.07, 6.45) is -9.83. The van der Waals surface area contributed by atoms with Crippen molar-refractivity contribution in [3.8, 4) is 23.0 Å². The van der Waals surface area contributed by atoms with Gasteiger partial charge in [-0.15, -0.1) is 0 Å². The van der Waals surface area contributed by atoms with Crippen molar-refractivity contribution in [3.63, 3.8) is 0 Å². The fourth-order valence-electron chi connectivity index (χ4n) is 9.90. The molecule has 0 unspecified atom stereocenters. The number of hydrogen-bond donors (Lipinski definition) is 20. The highest BCUT2D eigenvalue weighted by atomic mass is 31.3. The summed E-state index contributed by atoms with van der Waals surface area (Å²) in [6.45, 7) is 0. The lowest BCUT2D eigenvalue weighted by Gasteiger charge is -2.30. The summed E-state index contributed by atoms with van der Waals surface area (Å²) < 4.78 is 124. The molecule has 40 heteroatoms. The molecule has 0 fully saturated rings. The molecule has 8 bridgehead atoms. The molecular weight excluding hydrogens is 1290 g/mol. The first-order valence-electron chi connectivity index (χ1n) is 24.1. The number of hydrogen-bond acceptors (Lipinski definition) is 16. The van der Waals surface area contributed by atoms with Crippen molar-refractivity contribution >= 4 is 60.8 Å². The smallest absolute Gasteiger partial charge is 0.369 e. The number of fused-ring (bicyclic) bond motifs is 8. The van der Waals surface area contributed by atoms with E-state index in [2.05, 4.69) is 0 Å². The van der Waals surface area contributed by atoms with E-state index in [0.717, 1.165) is 0 Å². The highest BCUT2D eigenvalue weighted by molar-refractivity contribution is 7.73. The molecule has 0 saturated heterocycles. The van der Waals surface area contributed by atoms with E-state index in [4.69, 9.17) is 18.9 Å². The third-order valence-corrected chi connectivity index (χ3v) is 29.8. The molecule has 0 aliphatic heterocycles. The second-order valence-corrected chi connectivity index (χ2v) is 36.0. The molecular formula is C44H64O32P8. The lowest BCUT2D eigenvalue weighted by atomic mass is 9.87. The van der Waals surface area contributed by atoms with E-state index in [0.29, 0.717) is 0 Å². The predicted molar refractivity (Wildman–Crippen MR) is 293 cm³/mol. The zero-order chi connectivity index (χ0) is 64.2. The van der Waals surface area contributed by atoms with E-state index in [9.17, 15) is 135 Å². The predicted octanol–water partition coefficient (Wildman–Crippen LogP) is 2.13. The molecule has 20 N–H and O–H groups in total. The van der Waals surface area contributed by atoms with Crippen LogP contribution in [0.15, 0.2) is 48.5 Å². The van der Waals surface area contributed by atoms with Crippen LogP contribution in [0.5, 0.6) is 23.0 Å². The monoisotopic (exact) mass is 1350 g/mol. The van der Waals surface area contributed by atoms with Crippen LogP contribution >= 0.6 is 60.8 Å². The van der Waals surface area contributed by atoms with Gasteiger partial charge in [0.05, 0.1) is 28.4 Å². The lowest BCUT2D eigenvalue weighted by Crippen LogP contribution is -2.29. The van der Waals surface area contributed by atoms with Crippen molar-refractivity contribution in [2.75, 3.05) is 28.4 Å². The fourth-order valence-corrected chi connectivity index (χ4v) is 18.6. The van der Waals surface area contributed by atoms with Gasteiger partial charge in [-0.25, -0.2) is 0 Å². The van der Waals surface area contributed by atoms with Gasteiger partial charge in [0.15, 0.2) is 0 Å². The molecule has 4 aromatic rings. The van der Waals surface area contributed by atoms with Crippen molar-refractivity contribution < 1.29 is 154 Å². The van der Waals surface area contributed by atoms with E-state index in [1.807, 2.05) is 0 Å². The first-order chi connectivity index (χ1) is 38.0. The second-order valence-electron chi connectivity index (χ2n) is 19.9. The molecule has 0 saturated carbocycles. The Balaban J connectivity index is 1.98. The number of ether oxygens (including phenoxy) is 4. The van der Waals surface area contributed by atoms with E-state index in [-0.39, 0.29) is 89.8 Å². The van der Waals surface area contributed by atoms with E-state index in [1.165, 1.54) is 77.0 Å². The van der Waals surface area contributed by atoms with Gasteiger partial charge in [0, 0.05) is 51.4 Å². The summed E-state index contributed by atoms with van der Waals surface area (Å²) in [4.78, 5) is 161. The summed E-state index contributed by atoms with van der Waals surface area (Å²) in [5.41, 5.74) is 0.501. The molecule has 1 aliphatic carbocycles. The van der Waals surface area contributed by atoms with Gasteiger partial charge >= 0.3 is 60.8 Å². The van der Waals surface area contributed by atoms with Crippen molar-refractivity contribution in [2.45, 2.75) is 97.4 Å². The molecule has 0 aromatic heterocycles. The van der Waals surface area contributed by atoms with Gasteiger partial charge in [0.25, 0.3) is 20.3 Å². The second kappa shape index (κ2) is 25.2. The van der Waals surface area contributed by atoms with Gasteiger partial charge in [0.1, 0.15) is 23.0 Å². The quantitative estimate of drug-likeness (QED) is 0.0393. The fraction of sp³-hybridized carbons (Fsp3) is 0.455. The van der Waals surface area contributed by atoms with Crippen LogP contribution in [0.1, 0.15) is 92.4 Å². The molecule has 0 spiro atoms. The highest BCUT2D eigenvalue weighted by Crippen LogP contribution is 2.72. The lowest BCUT2D eigenvalue weighted by molar-refractivity contribution is 0.123. The van der Waals surface area contributed by atoms with Crippen molar-refractivity contribution in [2.24, 2.45) is 0 Å². The zero-order valence-electron chi connectivity index (χ0n) is 44.5. The van der Waals surface area contributed by atoms with E-state index in [1.54, 1.807) is 0 Å². The van der Waals surface area contributed by atoms with E-state index >= 15 is 0 Å². The largest absolute Gasteiger partial charge is 0.496 e. The Bertz CT molecular complexity index is 2910. The average molecular weight is 1350 g/mol. The maximum atomic E-state index is 12.5. The summed E-state index contributed by atoms with van der Waals surface area (Å²) in [6, 6.07) is 10.5. The molecule has 0 atom stereocenters. The Hall–Kier alpha value is -2.88. The summed E-state index contributed by atoms with van der Waals surface area (Å²) in [5, 5.41) is 28.0. The molecule has 0 amide bonds. The third-order valence-electron chi connectivity index (χ3n) is 14.3. The molecule has 5 rings (SSSR count). The topological polar surface area (TPSA) is 578 Å². The molecule has 84 heavy (non-hydrogen) atoms. The number of rotatable bonds is 24. The normalized spacial score (nSPS) is 14.8. The number of benzene rings is 4.